The van der Waals surface area contributed by atoms with Gasteiger partial charge in [-0.05, 0) is 25.0 Å². The lowest BCUT2D eigenvalue weighted by Gasteiger charge is -2.23. The molecule has 86 valence electrons. The Hall–Kier alpha value is -1.35. The number of para-hydroxylation sites is 1. The Morgan fingerprint density at radius 2 is 2.25 bits per heavy atom. The number of Topliss-reactive ketones (excluding diaryl/α,β-unsaturated/α-hetero) is 1. The average Bonchev–Trinajstić information content (AvgIpc) is 2.33. The summed E-state index contributed by atoms with van der Waals surface area (Å²) in [5.41, 5.74) is 0.719. The van der Waals surface area contributed by atoms with Crippen LogP contribution in [0, 0.1) is 5.92 Å². The molecule has 1 unspecified atom stereocenters. The summed E-state index contributed by atoms with van der Waals surface area (Å²) in [5, 5.41) is 0. The third-order valence-corrected chi connectivity index (χ3v) is 2.86. The topological polar surface area (TPSA) is 35.5 Å². The van der Waals surface area contributed by atoms with Crippen LogP contribution in [0.15, 0.2) is 24.3 Å². The molecule has 1 aromatic rings. The summed E-state index contributed by atoms with van der Waals surface area (Å²) in [6.07, 6.45) is 1.74. The molecular weight excluding hydrogens is 204 g/mol. The summed E-state index contributed by atoms with van der Waals surface area (Å²) in [6, 6.07) is 7.44. The van der Waals surface area contributed by atoms with Crippen molar-refractivity contribution in [2.24, 2.45) is 5.92 Å². The van der Waals surface area contributed by atoms with Gasteiger partial charge in [0.05, 0.1) is 18.1 Å². The first-order chi connectivity index (χ1) is 7.83. The number of rotatable bonds is 4. The number of ether oxygens (including phenoxy) is 2. The van der Waals surface area contributed by atoms with Gasteiger partial charge in [-0.2, -0.15) is 0 Å². The van der Waals surface area contributed by atoms with Crippen molar-refractivity contribution in [2.75, 3.05) is 20.3 Å². The number of methoxy groups -OCH3 is 1. The van der Waals surface area contributed by atoms with Gasteiger partial charge in [-0.15, -0.1) is 0 Å². The van der Waals surface area contributed by atoms with Crippen LogP contribution in [-0.2, 0) is 4.74 Å². The van der Waals surface area contributed by atoms with E-state index < -0.39 is 0 Å². The van der Waals surface area contributed by atoms with E-state index >= 15 is 0 Å². The number of benzene rings is 1. The number of ketones is 1. The predicted octanol–water partition coefficient (Wildman–Crippen LogP) is 2.30. The minimum absolute atomic E-state index is 0.00921. The van der Waals surface area contributed by atoms with Crippen molar-refractivity contribution in [3.8, 4) is 5.75 Å². The summed E-state index contributed by atoms with van der Waals surface area (Å²) in [4.78, 5) is 12.1. The Bertz CT molecular complexity index is 373. The summed E-state index contributed by atoms with van der Waals surface area (Å²) in [5.74, 6) is 0.915. The van der Waals surface area contributed by atoms with Gasteiger partial charge in [0.25, 0.3) is 0 Å². The minimum atomic E-state index is -0.00921. The largest absolute Gasteiger partial charge is 0.492 e. The van der Waals surface area contributed by atoms with Gasteiger partial charge in [0.2, 0.25) is 0 Å². The average molecular weight is 220 g/mol. The van der Waals surface area contributed by atoms with Crippen LogP contribution in [0.5, 0.6) is 5.75 Å². The Labute approximate surface area is 95.4 Å². The van der Waals surface area contributed by atoms with Crippen LogP contribution in [0.1, 0.15) is 23.2 Å². The van der Waals surface area contributed by atoms with Crippen LogP contribution in [0.25, 0.3) is 0 Å². The molecule has 0 amide bonds. The molecule has 2 rings (SSSR count). The van der Waals surface area contributed by atoms with E-state index in [0.29, 0.717) is 13.2 Å². The first kappa shape index (κ1) is 11.1. The molecule has 1 heterocycles. The van der Waals surface area contributed by atoms with Crippen molar-refractivity contribution in [3.63, 3.8) is 0 Å². The maximum atomic E-state index is 12.1. The molecule has 0 saturated carbocycles. The fourth-order valence-electron chi connectivity index (χ4n) is 1.97. The van der Waals surface area contributed by atoms with Crippen LogP contribution < -0.4 is 4.74 Å². The van der Waals surface area contributed by atoms with E-state index in [9.17, 15) is 4.79 Å². The molecule has 3 heteroatoms. The summed E-state index contributed by atoms with van der Waals surface area (Å²) < 4.78 is 10.6. The maximum Gasteiger partial charge on any atom is 0.173 e. The van der Waals surface area contributed by atoms with Crippen LogP contribution in [0.3, 0.4) is 0 Å². The second kappa shape index (κ2) is 5.12. The lowest BCUT2D eigenvalue weighted by Crippen LogP contribution is -2.27. The van der Waals surface area contributed by atoms with Crippen molar-refractivity contribution < 1.29 is 14.3 Å². The number of carbonyl (C=O) groups excluding carboxylic acids is 1. The number of hydrogen-bond donors (Lipinski definition) is 0. The van der Waals surface area contributed by atoms with Crippen LogP contribution in [-0.4, -0.2) is 26.1 Å². The van der Waals surface area contributed by atoms with E-state index in [1.807, 2.05) is 24.3 Å². The third-order valence-electron chi connectivity index (χ3n) is 2.86. The van der Waals surface area contributed by atoms with Crippen molar-refractivity contribution in [2.45, 2.75) is 12.8 Å². The molecule has 0 fully saturated rings. The summed E-state index contributed by atoms with van der Waals surface area (Å²) in [6.45, 7) is 1.20. The molecule has 0 saturated heterocycles. The van der Waals surface area contributed by atoms with Gasteiger partial charge in [-0.25, -0.2) is 0 Å². The number of carbonyl (C=O) groups is 1. The summed E-state index contributed by atoms with van der Waals surface area (Å²) >= 11 is 0. The first-order valence-corrected chi connectivity index (χ1v) is 5.58. The zero-order valence-electron chi connectivity index (χ0n) is 9.44. The monoisotopic (exact) mass is 220 g/mol. The molecule has 1 aromatic carbocycles. The lowest BCUT2D eigenvalue weighted by atomic mass is 9.91. The second-order valence-corrected chi connectivity index (χ2v) is 4.00. The molecule has 3 nitrogen and oxygen atoms in total. The Balaban J connectivity index is 2.03. The Morgan fingerprint density at radius 1 is 1.44 bits per heavy atom. The lowest BCUT2D eigenvalue weighted by molar-refractivity contribution is 0.0805. The highest BCUT2D eigenvalue weighted by atomic mass is 16.5. The molecule has 0 spiro atoms. The van der Waals surface area contributed by atoms with Crippen molar-refractivity contribution >= 4 is 5.78 Å². The molecular formula is C13H16O3. The van der Waals surface area contributed by atoms with E-state index in [-0.39, 0.29) is 11.7 Å². The van der Waals surface area contributed by atoms with E-state index in [1.54, 1.807) is 7.11 Å². The predicted molar refractivity (Wildman–Crippen MR) is 60.9 cm³/mol. The highest BCUT2D eigenvalue weighted by molar-refractivity contribution is 6.01. The van der Waals surface area contributed by atoms with E-state index in [4.69, 9.17) is 9.47 Å². The Kier molecular flexibility index (Phi) is 3.57. The van der Waals surface area contributed by atoms with Crippen molar-refractivity contribution in [1.82, 2.24) is 0 Å². The molecule has 16 heavy (non-hydrogen) atoms. The fraction of sp³-hybridized carbons (Fsp3) is 0.462. The molecule has 0 aromatic heterocycles. The maximum absolute atomic E-state index is 12.1. The van der Waals surface area contributed by atoms with Crippen molar-refractivity contribution in [3.05, 3.63) is 29.8 Å². The van der Waals surface area contributed by atoms with E-state index in [2.05, 4.69) is 0 Å². The molecule has 0 bridgehead atoms. The fourth-order valence-corrected chi connectivity index (χ4v) is 1.97. The normalized spacial score (nSPS) is 19.1. The number of fused-ring (bicyclic) bond motifs is 1. The second-order valence-electron chi connectivity index (χ2n) is 4.00. The SMILES string of the molecule is COCCCC1COc2ccccc2C1=O. The van der Waals surface area contributed by atoms with E-state index in [0.717, 1.165) is 24.2 Å². The van der Waals surface area contributed by atoms with Gasteiger partial charge in [0, 0.05) is 13.7 Å². The van der Waals surface area contributed by atoms with Gasteiger partial charge in [-0.1, -0.05) is 12.1 Å². The highest BCUT2D eigenvalue weighted by Crippen LogP contribution is 2.28. The van der Waals surface area contributed by atoms with Gasteiger partial charge in [0.1, 0.15) is 5.75 Å². The van der Waals surface area contributed by atoms with Crippen LogP contribution >= 0.6 is 0 Å². The molecule has 1 aliphatic rings. The first-order valence-electron chi connectivity index (χ1n) is 5.58. The standard InChI is InChI=1S/C13H16O3/c1-15-8-4-5-10-9-16-12-7-3-2-6-11(12)13(10)14/h2-3,6-7,10H,4-5,8-9H2,1H3. The zero-order chi connectivity index (χ0) is 11.4. The zero-order valence-corrected chi connectivity index (χ0v) is 9.44. The summed E-state index contributed by atoms with van der Waals surface area (Å²) in [7, 11) is 1.68. The molecule has 0 N–H and O–H groups in total. The van der Waals surface area contributed by atoms with Crippen LogP contribution in [0.4, 0.5) is 0 Å². The van der Waals surface area contributed by atoms with Gasteiger partial charge in [-0.3, -0.25) is 4.79 Å². The molecule has 0 radical (unpaired) electrons. The quantitative estimate of drug-likeness (QED) is 0.730. The van der Waals surface area contributed by atoms with Crippen molar-refractivity contribution in [1.29, 1.82) is 0 Å². The molecule has 0 aliphatic carbocycles. The Morgan fingerprint density at radius 3 is 3.06 bits per heavy atom. The van der Waals surface area contributed by atoms with Crippen LogP contribution in [0.2, 0.25) is 0 Å². The smallest absolute Gasteiger partial charge is 0.173 e. The van der Waals surface area contributed by atoms with Gasteiger partial charge >= 0.3 is 0 Å². The number of hydrogen-bond acceptors (Lipinski definition) is 3. The van der Waals surface area contributed by atoms with Gasteiger partial charge < -0.3 is 9.47 Å². The highest BCUT2D eigenvalue weighted by Gasteiger charge is 2.27. The van der Waals surface area contributed by atoms with Gasteiger partial charge in [0.15, 0.2) is 5.78 Å². The third kappa shape index (κ3) is 2.25. The molecule has 1 aliphatic heterocycles. The molecule has 1 atom stereocenters. The minimum Gasteiger partial charge on any atom is -0.492 e. The van der Waals surface area contributed by atoms with E-state index in [1.165, 1.54) is 0 Å².